The number of rotatable bonds is 6. The van der Waals surface area contributed by atoms with Crippen LogP contribution in [0.3, 0.4) is 0 Å². The van der Waals surface area contributed by atoms with Crippen molar-refractivity contribution in [1.29, 1.82) is 0 Å². The SMILES string of the molecule is CCNC(=NCc1ccc(N(C)C2CCCCC2)cc1)NC1CCC(O)CC1.I. The van der Waals surface area contributed by atoms with Crippen LogP contribution in [-0.2, 0) is 6.54 Å². The van der Waals surface area contributed by atoms with E-state index in [1.165, 1.54) is 43.4 Å². The van der Waals surface area contributed by atoms with Gasteiger partial charge in [-0.1, -0.05) is 31.4 Å². The lowest BCUT2D eigenvalue weighted by Gasteiger charge is -2.33. The highest BCUT2D eigenvalue weighted by atomic mass is 127. The first kappa shape index (κ1) is 24.3. The van der Waals surface area contributed by atoms with E-state index in [2.05, 4.69) is 53.8 Å². The molecule has 0 aromatic heterocycles. The van der Waals surface area contributed by atoms with Gasteiger partial charge in [0.2, 0.25) is 0 Å². The summed E-state index contributed by atoms with van der Waals surface area (Å²) in [7, 11) is 2.23. The Labute approximate surface area is 193 Å². The molecule has 0 heterocycles. The third-order valence-corrected chi connectivity index (χ3v) is 6.27. The number of aliphatic hydroxyl groups excluding tert-OH is 1. The number of aliphatic imine (C=N–C) groups is 1. The maximum Gasteiger partial charge on any atom is 0.191 e. The van der Waals surface area contributed by atoms with Crippen LogP contribution in [0.1, 0.15) is 70.3 Å². The molecule has 3 N–H and O–H groups in total. The molecule has 0 atom stereocenters. The van der Waals surface area contributed by atoms with Crippen molar-refractivity contribution in [1.82, 2.24) is 10.6 Å². The highest BCUT2D eigenvalue weighted by molar-refractivity contribution is 14.0. The summed E-state index contributed by atoms with van der Waals surface area (Å²) in [5.74, 6) is 0.882. The van der Waals surface area contributed by atoms with Gasteiger partial charge >= 0.3 is 0 Å². The van der Waals surface area contributed by atoms with Gasteiger partial charge in [-0.05, 0) is 63.1 Å². The number of guanidine groups is 1. The van der Waals surface area contributed by atoms with Gasteiger partial charge < -0.3 is 20.6 Å². The molecule has 2 fully saturated rings. The molecule has 0 unspecified atom stereocenters. The zero-order valence-corrected chi connectivity index (χ0v) is 20.4. The molecular formula is C23H39IN4O. The summed E-state index contributed by atoms with van der Waals surface area (Å²) in [6.45, 7) is 3.63. The second-order valence-corrected chi connectivity index (χ2v) is 8.41. The van der Waals surface area contributed by atoms with Crippen LogP contribution in [0.25, 0.3) is 0 Å². The quantitative estimate of drug-likeness (QED) is 0.299. The van der Waals surface area contributed by atoms with Gasteiger partial charge in [0.25, 0.3) is 0 Å². The molecule has 0 amide bonds. The van der Waals surface area contributed by atoms with E-state index in [1.54, 1.807) is 0 Å². The molecule has 1 aromatic rings. The molecule has 0 radical (unpaired) electrons. The molecule has 3 rings (SSSR count). The number of hydrogen-bond acceptors (Lipinski definition) is 3. The van der Waals surface area contributed by atoms with Crippen molar-refractivity contribution < 1.29 is 5.11 Å². The average molecular weight is 514 g/mol. The van der Waals surface area contributed by atoms with Crippen LogP contribution < -0.4 is 15.5 Å². The minimum absolute atomic E-state index is 0. The van der Waals surface area contributed by atoms with Crippen LogP contribution in [0, 0.1) is 0 Å². The maximum absolute atomic E-state index is 9.68. The Balaban J connectivity index is 0.00000300. The Morgan fingerprint density at radius 2 is 1.69 bits per heavy atom. The molecule has 1 aromatic carbocycles. The number of nitrogens with zero attached hydrogens (tertiary/aromatic N) is 2. The third-order valence-electron chi connectivity index (χ3n) is 6.27. The topological polar surface area (TPSA) is 59.9 Å². The smallest absolute Gasteiger partial charge is 0.191 e. The van der Waals surface area contributed by atoms with Crippen LogP contribution in [0.4, 0.5) is 5.69 Å². The van der Waals surface area contributed by atoms with Crippen LogP contribution in [-0.4, -0.2) is 42.8 Å². The van der Waals surface area contributed by atoms with Crippen molar-refractivity contribution in [3.63, 3.8) is 0 Å². The summed E-state index contributed by atoms with van der Waals surface area (Å²) >= 11 is 0. The van der Waals surface area contributed by atoms with Gasteiger partial charge in [0.1, 0.15) is 0 Å². The summed E-state index contributed by atoms with van der Waals surface area (Å²) in [6.07, 6.45) is 10.4. The molecular weight excluding hydrogens is 475 g/mol. The normalized spacial score (nSPS) is 23.2. The summed E-state index contributed by atoms with van der Waals surface area (Å²) in [6, 6.07) is 9.99. The van der Waals surface area contributed by atoms with E-state index in [0.717, 1.165) is 38.2 Å². The van der Waals surface area contributed by atoms with Crippen LogP contribution in [0.2, 0.25) is 0 Å². The average Bonchev–Trinajstić information content (AvgIpc) is 2.74. The fraction of sp³-hybridized carbons (Fsp3) is 0.696. The summed E-state index contributed by atoms with van der Waals surface area (Å²) in [4.78, 5) is 7.23. The molecule has 0 aliphatic heterocycles. The van der Waals surface area contributed by atoms with E-state index < -0.39 is 0 Å². The number of nitrogens with one attached hydrogen (secondary N) is 2. The van der Waals surface area contributed by atoms with E-state index in [1.807, 2.05) is 0 Å². The fourth-order valence-corrected chi connectivity index (χ4v) is 4.42. The predicted molar refractivity (Wildman–Crippen MR) is 133 cm³/mol. The molecule has 2 aliphatic carbocycles. The number of hydrogen-bond donors (Lipinski definition) is 3. The standard InChI is InChI=1S/C23H38N4O.HI/c1-3-24-23(26-19-11-15-22(28)16-12-19)25-17-18-9-13-21(14-10-18)27(2)20-7-5-4-6-8-20;/h9-10,13-14,19-20,22,28H,3-8,11-12,15-17H2,1-2H3,(H2,24,25,26);1H. The van der Waals surface area contributed by atoms with Crippen molar-refractivity contribution in [3.8, 4) is 0 Å². The monoisotopic (exact) mass is 514 g/mol. The first-order chi connectivity index (χ1) is 13.7. The van der Waals surface area contributed by atoms with Gasteiger partial charge in [-0.25, -0.2) is 4.99 Å². The van der Waals surface area contributed by atoms with Crippen molar-refractivity contribution in [2.75, 3.05) is 18.5 Å². The molecule has 0 saturated heterocycles. The first-order valence-corrected chi connectivity index (χ1v) is 11.2. The minimum Gasteiger partial charge on any atom is -0.393 e. The molecule has 0 bridgehead atoms. The predicted octanol–water partition coefficient (Wildman–Crippen LogP) is 4.43. The zero-order chi connectivity index (χ0) is 19.8. The van der Waals surface area contributed by atoms with E-state index in [-0.39, 0.29) is 30.1 Å². The van der Waals surface area contributed by atoms with E-state index in [9.17, 15) is 5.11 Å². The van der Waals surface area contributed by atoms with Crippen molar-refractivity contribution >= 4 is 35.6 Å². The van der Waals surface area contributed by atoms with Gasteiger partial charge in [-0.15, -0.1) is 24.0 Å². The van der Waals surface area contributed by atoms with Crippen LogP contribution in [0.5, 0.6) is 0 Å². The Morgan fingerprint density at radius 1 is 1.03 bits per heavy atom. The van der Waals surface area contributed by atoms with Crippen LogP contribution >= 0.6 is 24.0 Å². The minimum atomic E-state index is -0.122. The van der Waals surface area contributed by atoms with Gasteiger partial charge in [0.15, 0.2) is 5.96 Å². The first-order valence-electron chi connectivity index (χ1n) is 11.2. The Bertz CT molecular complexity index is 608. The lowest BCUT2D eigenvalue weighted by atomic mass is 9.93. The van der Waals surface area contributed by atoms with Crippen molar-refractivity contribution in [2.24, 2.45) is 4.99 Å². The van der Waals surface area contributed by atoms with Gasteiger partial charge in [-0.2, -0.15) is 0 Å². The molecule has 29 heavy (non-hydrogen) atoms. The van der Waals surface area contributed by atoms with E-state index in [0.29, 0.717) is 18.6 Å². The van der Waals surface area contributed by atoms with Crippen molar-refractivity contribution in [3.05, 3.63) is 29.8 Å². The highest BCUT2D eigenvalue weighted by Crippen LogP contribution is 2.26. The number of aliphatic hydroxyl groups is 1. The molecule has 0 spiro atoms. The molecule has 5 nitrogen and oxygen atoms in total. The summed E-state index contributed by atoms with van der Waals surface area (Å²) in [5, 5.41) is 16.6. The number of halogens is 1. The molecule has 6 heteroatoms. The molecule has 2 aliphatic rings. The summed E-state index contributed by atoms with van der Waals surface area (Å²) < 4.78 is 0. The van der Waals surface area contributed by atoms with Crippen molar-refractivity contribution in [2.45, 2.75) is 89.4 Å². The van der Waals surface area contributed by atoms with Gasteiger partial charge in [0.05, 0.1) is 12.6 Å². The highest BCUT2D eigenvalue weighted by Gasteiger charge is 2.20. The molecule has 164 valence electrons. The van der Waals surface area contributed by atoms with Crippen LogP contribution in [0.15, 0.2) is 29.3 Å². The lowest BCUT2D eigenvalue weighted by Crippen LogP contribution is -2.45. The third kappa shape index (κ3) is 7.63. The Morgan fingerprint density at radius 3 is 2.31 bits per heavy atom. The lowest BCUT2D eigenvalue weighted by molar-refractivity contribution is 0.120. The number of anilines is 1. The largest absolute Gasteiger partial charge is 0.393 e. The number of benzene rings is 1. The fourth-order valence-electron chi connectivity index (χ4n) is 4.42. The second-order valence-electron chi connectivity index (χ2n) is 8.41. The van der Waals surface area contributed by atoms with Gasteiger partial charge in [0, 0.05) is 31.4 Å². The Kier molecular flexibility index (Phi) is 10.6. The van der Waals surface area contributed by atoms with E-state index >= 15 is 0 Å². The summed E-state index contributed by atoms with van der Waals surface area (Å²) in [5.41, 5.74) is 2.54. The Hall–Kier alpha value is -1.02. The van der Waals surface area contributed by atoms with Gasteiger partial charge in [-0.3, -0.25) is 0 Å². The second kappa shape index (κ2) is 12.6. The maximum atomic E-state index is 9.68. The van der Waals surface area contributed by atoms with E-state index in [4.69, 9.17) is 4.99 Å². The molecule has 2 saturated carbocycles. The zero-order valence-electron chi connectivity index (χ0n) is 18.1.